The number of rotatable bonds is 5. The van der Waals surface area contributed by atoms with Crippen LogP contribution in [0, 0.1) is 5.82 Å². The van der Waals surface area contributed by atoms with E-state index in [2.05, 4.69) is 21.3 Å². The molecule has 1 fully saturated rings. The Morgan fingerprint density at radius 2 is 1.90 bits per heavy atom. The van der Waals surface area contributed by atoms with Crippen molar-refractivity contribution in [3.8, 4) is 11.3 Å². The monoisotopic (exact) mass is 453 g/mol. The van der Waals surface area contributed by atoms with E-state index in [9.17, 15) is 4.39 Å². The molecule has 0 saturated carbocycles. The Hall–Kier alpha value is -2.54. The van der Waals surface area contributed by atoms with E-state index in [1.165, 1.54) is 17.6 Å². The van der Waals surface area contributed by atoms with Gasteiger partial charge in [-0.3, -0.25) is 9.88 Å². The second-order valence-corrected chi connectivity index (χ2v) is 9.16. The Morgan fingerprint density at radius 1 is 1.03 bits per heavy atom. The van der Waals surface area contributed by atoms with Crippen LogP contribution in [-0.4, -0.2) is 34.5 Å². The molecule has 1 N–H and O–H groups in total. The summed E-state index contributed by atoms with van der Waals surface area (Å²) in [6.45, 7) is 3.04. The first-order valence-electron chi connectivity index (χ1n) is 10.2. The molecule has 5 rings (SSSR count). The summed E-state index contributed by atoms with van der Waals surface area (Å²) in [4.78, 5) is 6.93. The minimum atomic E-state index is -0.399. The van der Waals surface area contributed by atoms with Gasteiger partial charge < -0.3 is 9.73 Å². The van der Waals surface area contributed by atoms with Crippen molar-refractivity contribution in [2.75, 3.05) is 29.9 Å². The fourth-order valence-corrected chi connectivity index (χ4v) is 4.88. The zero-order chi connectivity index (χ0) is 21.2. The van der Waals surface area contributed by atoms with Gasteiger partial charge in [0.05, 0.1) is 17.7 Å². The molecule has 158 valence electrons. The van der Waals surface area contributed by atoms with Crippen molar-refractivity contribution in [1.29, 1.82) is 0 Å². The van der Waals surface area contributed by atoms with Gasteiger partial charge in [-0.2, -0.15) is 11.8 Å². The maximum absolute atomic E-state index is 14.2. The Labute approximate surface area is 189 Å². The summed E-state index contributed by atoms with van der Waals surface area (Å²) in [5.74, 6) is 3.76. The van der Waals surface area contributed by atoms with Gasteiger partial charge in [0.15, 0.2) is 0 Å². The van der Waals surface area contributed by atoms with Gasteiger partial charge in [-0.1, -0.05) is 17.7 Å². The Kier molecular flexibility index (Phi) is 5.85. The molecule has 31 heavy (non-hydrogen) atoms. The SMILES string of the molecule is Fc1cc(Cl)ccc1Nc1ccnc2cc(-c3ccc(CN4CCSCC4)o3)ccc12. The summed E-state index contributed by atoms with van der Waals surface area (Å²) in [7, 11) is 0. The van der Waals surface area contributed by atoms with E-state index in [0.717, 1.165) is 53.3 Å². The van der Waals surface area contributed by atoms with E-state index in [4.69, 9.17) is 16.0 Å². The predicted octanol–water partition coefficient (Wildman–Crippen LogP) is 6.58. The van der Waals surface area contributed by atoms with Crippen molar-refractivity contribution >= 4 is 45.6 Å². The fourth-order valence-electron chi connectivity index (χ4n) is 3.74. The number of aromatic nitrogens is 1. The molecular weight excluding hydrogens is 433 g/mol. The average Bonchev–Trinajstić information content (AvgIpc) is 3.25. The zero-order valence-corrected chi connectivity index (χ0v) is 18.3. The first-order valence-corrected chi connectivity index (χ1v) is 11.7. The molecule has 0 spiro atoms. The molecule has 0 aliphatic carbocycles. The van der Waals surface area contributed by atoms with Gasteiger partial charge in [-0.15, -0.1) is 0 Å². The summed E-state index contributed by atoms with van der Waals surface area (Å²) in [5.41, 5.74) is 2.92. The third-order valence-corrected chi connectivity index (χ3v) is 6.55. The third kappa shape index (κ3) is 4.56. The summed E-state index contributed by atoms with van der Waals surface area (Å²) in [6, 6.07) is 16.5. The molecule has 0 radical (unpaired) electrons. The van der Waals surface area contributed by atoms with Gasteiger partial charge in [0, 0.05) is 52.5 Å². The van der Waals surface area contributed by atoms with Crippen molar-refractivity contribution < 1.29 is 8.81 Å². The van der Waals surface area contributed by atoms with Crippen molar-refractivity contribution in [3.63, 3.8) is 0 Å². The number of nitrogens with one attached hydrogen (secondary N) is 1. The summed E-state index contributed by atoms with van der Waals surface area (Å²) in [6.07, 6.45) is 1.71. The molecule has 4 aromatic rings. The molecule has 0 unspecified atom stereocenters. The van der Waals surface area contributed by atoms with Gasteiger partial charge in [0.1, 0.15) is 17.3 Å². The summed E-state index contributed by atoms with van der Waals surface area (Å²) >= 11 is 7.86. The van der Waals surface area contributed by atoms with Crippen LogP contribution in [0.5, 0.6) is 0 Å². The van der Waals surface area contributed by atoms with Crippen LogP contribution in [0.3, 0.4) is 0 Å². The molecule has 4 nitrogen and oxygen atoms in total. The highest BCUT2D eigenvalue weighted by molar-refractivity contribution is 7.99. The molecule has 2 aromatic heterocycles. The van der Waals surface area contributed by atoms with E-state index < -0.39 is 5.82 Å². The third-order valence-electron chi connectivity index (χ3n) is 5.37. The number of anilines is 2. The Morgan fingerprint density at radius 3 is 2.74 bits per heavy atom. The smallest absolute Gasteiger partial charge is 0.148 e. The van der Waals surface area contributed by atoms with E-state index in [1.807, 2.05) is 42.1 Å². The van der Waals surface area contributed by atoms with Crippen LogP contribution in [-0.2, 0) is 6.54 Å². The second-order valence-electron chi connectivity index (χ2n) is 7.49. The standard InChI is InChI=1S/C24H21ClFN3OS/c25-17-2-5-22(20(26)14-17)28-21-7-8-27-23-13-16(1-4-19(21)23)24-6-3-18(30-24)15-29-9-11-31-12-10-29/h1-8,13-14H,9-12,15H2,(H,27,28). The van der Waals surface area contributed by atoms with Crippen LogP contribution in [0.15, 0.2) is 65.2 Å². The molecular formula is C24H21ClFN3OS. The van der Waals surface area contributed by atoms with Crippen molar-refractivity contribution in [1.82, 2.24) is 9.88 Å². The van der Waals surface area contributed by atoms with E-state index in [-0.39, 0.29) is 0 Å². The van der Waals surface area contributed by atoms with Gasteiger partial charge in [-0.05, 0) is 48.5 Å². The number of nitrogens with zero attached hydrogens (tertiary/aromatic N) is 2. The molecule has 7 heteroatoms. The molecule has 0 atom stereocenters. The molecule has 2 aromatic carbocycles. The number of hydrogen-bond donors (Lipinski definition) is 1. The molecule has 0 bridgehead atoms. The van der Waals surface area contributed by atoms with Gasteiger partial charge in [0.25, 0.3) is 0 Å². The zero-order valence-electron chi connectivity index (χ0n) is 16.8. The lowest BCUT2D eigenvalue weighted by Crippen LogP contribution is -2.31. The normalized spacial score (nSPS) is 14.8. The van der Waals surface area contributed by atoms with Crippen molar-refractivity contribution in [2.45, 2.75) is 6.54 Å². The fraction of sp³-hybridized carbons (Fsp3) is 0.208. The number of fused-ring (bicyclic) bond motifs is 1. The highest BCUT2D eigenvalue weighted by Gasteiger charge is 2.14. The quantitative estimate of drug-likeness (QED) is 0.369. The van der Waals surface area contributed by atoms with Gasteiger partial charge >= 0.3 is 0 Å². The van der Waals surface area contributed by atoms with E-state index in [0.29, 0.717) is 10.7 Å². The summed E-state index contributed by atoms with van der Waals surface area (Å²) in [5, 5.41) is 4.41. The van der Waals surface area contributed by atoms with Crippen molar-refractivity contribution in [3.05, 3.63) is 77.4 Å². The van der Waals surface area contributed by atoms with Gasteiger partial charge in [0.2, 0.25) is 0 Å². The lowest BCUT2D eigenvalue weighted by atomic mass is 10.1. The Bertz CT molecular complexity index is 1220. The minimum Gasteiger partial charge on any atom is -0.460 e. The number of halogens is 2. The highest BCUT2D eigenvalue weighted by Crippen LogP contribution is 2.31. The maximum atomic E-state index is 14.2. The number of hydrogen-bond acceptors (Lipinski definition) is 5. The molecule has 3 heterocycles. The maximum Gasteiger partial charge on any atom is 0.148 e. The van der Waals surface area contributed by atoms with Crippen molar-refractivity contribution in [2.24, 2.45) is 0 Å². The largest absolute Gasteiger partial charge is 0.460 e. The second kappa shape index (κ2) is 8.91. The number of benzene rings is 2. The molecule has 1 aliphatic rings. The van der Waals surface area contributed by atoms with Crippen LogP contribution >= 0.6 is 23.4 Å². The van der Waals surface area contributed by atoms with Crippen LogP contribution in [0.2, 0.25) is 5.02 Å². The van der Waals surface area contributed by atoms with Crippen LogP contribution < -0.4 is 5.32 Å². The minimum absolute atomic E-state index is 0.365. The predicted molar refractivity (Wildman–Crippen MR) is 127 cm³/mol. The van der Waals surface area contributed by atoms with Crippen LogP contribution in [0.25, 0.3) is 22.2 Å². The molecule has 0 amide bonds. The summed E-state index contributed by atoms with van der Waals surface area (Å²) < 4.78 is 20.3. The first kappa shape index (κ1) is 20.4. The molecule has 1 saturated heterocycles. The number of furan rings is 1. The molecule has 1 aliphatic heterocycles. The number of pyridine rings is 1. The van der Waals surface area contributed by atoms with Crippen LogP contribution in [0.1, 0.15) is 5.76 Å². The van der Waals surface area contributed by atoms with E-state index in [1.54, 1.807) is 18.3 Å². The topological polar surface area (TPSA) is 41.3 Å². The highest BCUT2D eigenvalue weighted by atomic mass is 35.5. The Balaban J connectivity index is 1.39. The van der Waals surface area contributed by atoms with Crippen LogP contribution in [0.4, 0.5) is 15.8 Å². The first-order chi connectivity index (χ1) is 15.2. The lowest BCUT2D eigenvalue weighted by Gasteiger charge is -2.24. The number of thioether (sulfide) groups is 1. The lowest BCUT2D eigenvalue weighted by molar-refractivity contribution is 0.269. The van der Waals surface area contributed by atoms with E-state index >= 15 is 0 Å². The van der Waals surface area contributed by atoms with Gasteiger partial charge in [-0.25, -0.2) is 4.39 Å². The average molecular weight is 454 g/mol.